The number of aliphatic carboxylic acids is 1. The Morgan fingerprint density at radius 2 is 1.59 bits per heavy atom. The Labute approximate surface area is 132 Å². The molecule has 5 nitrogen and oxygen atoms in total. The molecule has 0 aromatic carbocycles. The van der Waals surface area contributed by atoms with Gasteiger partial charge in [-0.1, -0.05) is 12.8 Å². The Bertz CT molecular complexity index is 371. The normalized spacial score (nSPS) is 20.4. The molecule has 0 aromatic rings. The first-order valence-electron chi connectivity index (χ1n) is 8.55. The van der Waals surface area contributed by atoms with Crippen LogP contribution in [0.1, 0.15) is 70.6 Å². The molecular weight excluding hydrogens is 284 g/mol. The van der Waals surface area contributed by atoms with Crippen LogP contribution in [0, 0.1) is 5.41 Å². The maximum Gasteiger partial charge on any atom is 0.309 e. The standard InChI is InChI=1S/C17H28O5/c18-14-22-17(10-11-17)7-2-1-4-12-21-13-5-3-6-16(8-9-16)15(19)20/h14H,1-13H2,(H,19,20). The van der Waals surface area contributed by atoms with Gasteiger partial charge in [0.05, 0.1) is 5.41 Å². The molecule has 22 heavy (non-hydrogen) atoms. The number of carboxylic acid groups (broad SMARTS) is 1. The molecule has 0 bridgehead atoms. The number of unbranched alkanes of at least 4 members (excludes halogenated alkanes) is 3. The van der Waals surface area contributed by atoms with Crippen LogP contribution in [0.3, 0.4) is 0 Å². The smallest absolute Gasteiger partial charge is 0.309 e. The van der Waals surface area contributed by atoms with Crippen molar-refractivity contribution < 1.29 is 24.2 Å². The topological polar surface area (TPSA) is 72.8 Å². The fourth-order valence-corrected chi connectivity index (χ4v) is 2.99. The lowest BCUT2D eigenvalue weighted by atomic mass is 10.00. The van der Waals surface area contributed by atoms with Crippen molar-refractivity contribution in [1.29, 1.82) is 0 Å². The highest BCUT2D eigenvalue weighted by molar-refractivity contribution is 5.77. The van der Waals surface area contributed by atoms with Gasteiger partial charge in [0.25, 0.3) is 6.47 Å². The number of hydrogen-bond acceptors (Lipinski definition) is 4. The van der Waals surface area contributed by atoms with E-state index in [9.17, 15) is 9.59 Å². The number of hydrogen-bond donors (Lipinski definition) is 1. The van der Waals surface area contributed by atoms with Crippen LogP contribution in [0.2, 0.25) is 0 Å². The molecule has 0 aromatic heterocycles. The van der Waals surface area contributed by atoms with E-state index in [1.165, 1.54) is 0 Å². The van der Waals surface area contributed by atoms with Gasteiger partial charge in [-0.3, -0.25) is 9.59 Å². The summed E-state index contributed by atoms with van der Waals surface area (Å²) in [6, 6.07) is 0. The van der Waals surface area contributed by atoms with Crippen LogP contribution in [-0.2, 0) is 19.1 Å². The zero-order valence-corrected chi connectivity index (χ0v) is 13.3. The maximum atomic E-state index is 11.0. The van der Waals surface area contributed by atoms with Crippen molar-refractivity contribution in [3.05, 3.63) is 0 Å². The molecule has 5 heteroatoms. The number of rotatable bonds is 14. The summed E-state index contributed by atoms with van der Waals surface area (Å²) in [5, 5.41) is 9.06. The van der Waals surface area contributed by atoms with Crippen molar-refractivity contribution in [1.82, 2.24) is 0 Å². The van der Waals surface area contributed by atoms with Gasteiger partial charge in [0.15, 0.2) is 0 Å². The maximum absolute atomic E-state index is 11.0. The van der Waals surface area contributed by atoms with Crippen LogP contribution >= 0.6 is 0 Å². The average molecular weight is 312 g/mol. The highest BCUT2D eigenvalue weighted by atomic mass is 16.5. The number of carboxylic acids is 1. The monoisotopic (exact) mass is 312 g/mol. The van der Waals surface area contributed by atoms with Crippen molar-refractivity contribution in [2.75, 3.05) is 13.2 Å². The van der Waals surface area contributed by atoms with Crippen molar-refractivity contribution in [3.63, 3.8) is 0 Å². The molecule has 0 spiro atoms. The Morgan fingerprint density at radius 3 is 2.14 bits per heavy atom. The van der Waals surface area contributed by atoms with Gasteiger partial charge in [-0.05, 0) is 57.8 Å². The van der Waals surface area contributed by atoms with Crippen LogP contribution in [0.25, 0.3) is 0 Å². The van der Waals surface area contributed by atoms with Crippen molar-refractivity contribution in [2.45, 2.75) is 76.2 Å². The van der Waals surface area contributed by atoms with Crippen LogP contribution in [0.5, 0.6) is 0 Å². The van der Waals surface area contributed by atoms with Gasteiger partial charge in [0.1, 0.15) is 5.60 Å². The molecule has 2 aliphatic carbocycles. The van der Waals surface area contributed by atoms with E-state index in [2.05, 4.69) is 0 Å². The molecular formula is C17H28O5. The molecule has 0 heterocycles. The summed E-state index contributed by atoms with van der Waals surface area (Å²) in [5.74, 6) is -0.625. The predicted molar refractivity (Wildman–Crippen MR) is 81.6 cm³/mol. The first-order chi connectivity index (χ1) is 10.6. The van der Waals surface area contributed by atoms with Crippen LogP contribution in [0.15, 0.2) is 0 Å². The molecule has 2 fully saturated rings. The molecule has 0 radical (unpaired) electrons. The lowest BCUT2D eigenvalue weighted by molar-refractivity contribution is -0.143. The zero-order valence-electron chi connectivity index (χ0n) is 13.3. The average Bonchev–Trinajstić information content (AvgIpc) is 3.38. The van der Waals surface area contributed by atoms with Crippen LogP contribution < -0.4 is 0 Å². The summed E-state index contributed by atoms with van der Waals surface area (Å²) in [6.07, 6.45) is 10.6. The highest BCUT2D eigenvalue weighted by Gasteiger charge is 2.49. The molecule has 126 valence electrons. The van der Waals surface area contributed by atoms with Crippen molar-refractivity contribution in [3.8, 4) is 0 Å². The zero-order chi connectivity index (χ0) is 15.9. The molecule has 0 saturated heterocycles. The largest absolute Gasteiger partial charge is 0.481 e. The molecule has 0 atom stereocenters. The van der Waals surface area contributed by atoms with Gasteiger partial charge in [-0.25, -0.2) is 0 Å². The fourth-order valence-electron chi connectivity index (χ4n) is 2.99. The summed E-state index contributed by atoms with van der Waals surface area (Å²) >= 11 is 0. The lowest BCUT2D eigenvalue weighted by Gasteiger charge is -2.12. The summed E-state index contributed by atoms with van der Waals surface area (Å²) in [7, 11) is 0. The Balaban J connectivity index is 1.35. The van der Waals surface area contributed by atoms with E-state index < -0.39 is 5.97 Å². The molecule has 2 saturated carbocycles. The predicted octanol–water partition coefficient (Wildman–Crippen LogP) is 3.30. The van der Waals surface area contributed by atoms with Gasteiger partial charge in [0.2, 0.25) is 0 Å². The van der Waals surface area contributed by atoms with Gasteiger partial charge in [-0.15, -0.1) is 0 Å². The van der Waals surface area contributed by atoms with E-state index in [1.807, 2.05) is 0 Å². The van der Waals surface area contributed by atoms with Gasteiger partial charge in [-0.2, -0.15) is 0 Å². The van der Waals surface area contributed by atoms with E-state index in [4.69, 9.17) is 14.6 Å². The first kappa shape index (κ1) is 17.3. The summed E-state index contributed by atoms with van der Waals surface area (Å²) in [5.41, 5.74) is -0.506. The molecule has 0 aliphatic heterocycles. The second-order valence-electron chi connectivity index (χ2n) is 6.86. The summed E-state index contributed by atoms with van der Waals surface area (Å²) in [6.45, 7) is 2.08. The summed E-state index contributed by atoms with van der Waals surface area (Å²) in [4.78, 5) is 21.4. The Morgan fingerprint density at radius 1 is 0.955 bits per heavy atom. The lowest BCUT2D eigenvalue weighted by Crippen LogP contribution is -2.14. The Hall–Kier alpha value is -1.10. The van der Waals surface area contributed by atoms with Gasteiger partial charge < -0.3 is 14.6 Å². The van der Waals surface area contributed by atoms with Gasteiger partial charge >= 0.3 is 5.97 Å². The van der Waals surface area contributed by atoms with E-state index in [-0.39, 0.29) is 11.0 Å². The van der Waals surface area contributed by atoms with Crippen LogP contribution in [-0.4, -0.2) is 36.4 Å². The molecule has 0 amide bonds. The first-order valence-corrected chi connectivity index (χ1v) is 8.55. The van der Waals surface area contributed by atoms with E-state index in [1.54, 1.807) is 0 Å². The number of ether oxygens (including phenoxy) is 2. The quantitative estimate of drug-likeness (QED) is 0.393. The van der Waals surface area contributed by atoms with E-state index >= 15 is 0 Å². The second-order valence-corrected chi connectivity index (χ2v) is 6.86. The minimum absolute atomic E-state index is 0.120. The van der Waals surface area contributed by atoms with E-state index in [0.717, 1.165) is 83.8 Å². The third-order valence-corrected chi connectivity index (χ3v) is 5.03. The van der Waals surface area contributed by atoms with Crippen molar-refractivity contribution in [2.24, 2.45) is 5.41 Å². The molecule has 1 N–H and O–H groups in total. The van der Waals surface area contributed by atoms with Crippen molar-refractivity contribution >= 4 is 12.4 Å². The highest BCUT2D eigenvalue weighted by Crippen LogP contribution is 2.50. The SMILES string of the molecule is O=COC1(CCCCCOCCCCC2(C(=O)O)CC2)CC1. The summed E-state index contributed by atoms with van der Waals surface area (Å²) < 4.78 is 10.7. The third kappa shape index (κ3) is 5.27. The molecule has 2 rings (SSSR count). The fraction of sp³-hybridized carbons (Fsp3) is 0.882. The number of carbonyl (C=O) groups is 2. The minimum Gasteiger partial charge on any atom is -0.481 e. The van der Waals surface area contributed by atoms with E-state index in [0.29, 0.717) is 6.47 Å². The number of carbonyl (C=O) groups excluding carboxylic acids is 1. The van der Waals surface area contributed by atoms with Gasteiger partial charge in [0, 0.05) is 13.2 Å². The minimum atomic E-state index is -0.625. The molecule has 2 aliphatic rings. The molecule has 0 unspecified atom stereocenters. The van der Waals surface area contributed by atoms with Crippen LogP contribution in [0.4, 0.5) is 0 Å². The second kappa shape index (κ2) is 7.95. The third-order valence-electron chi connectivity index (χ3n) is 5.03. The Kier molecular flexibility index (Phi) is 6.24.